The van der Waals surface area contributed by atoms with E-state index in [0.29, 0.717) is 16.5 Å². The predicted molar refractivity (Wildman–Crippen MR) is 82.0 cm³/mol. The monoisotopic (exact) mass is 282 g/mol. The number of carbonyl (C=O) groups excluding carboxylic acids is 1. The number of benzene rings is 1. The number of nitrogens with zero attached hydrogens (tertiary/aromatic N) is 1. The molecule has 0 fully saturated rings. The van der Waals surface area contributed by atoms with E-state index in [2.05, 4.69) is 19.2 Å². The Kier molecular flexibility index (Phi) is 6.16. The lowest BCUT2D eigenvalue weighted by atomic mass is 10.1. The van der Waals surface area contributed by atoms with Gasteiger partial charge in [0.2, 0.25) is 0 Å². The highest BCUT2D eigenvalue weighted by Gasteiger charge is 2.11. The van der Waals surface area contributed by atoms with E-state index >= 15 is 0 Å². The second-order valence-corrected chi connectivity index (χ2v) is 5.58. The van der Waals surface area contributed by atoms with Gasteiger partial charge in [0.05, 0.1) is 10.7 Å². The van der Waals surface area contributed by atoms with Crippen LogP contribution in [0.4, 0.5) is 5.69 Å². The molecule has 106 valence electrons. The molecule has 1 aromatic carbocycles. The van der Waals surface area contributed by atoms with Crippen LogP contribution in [0, 0.1) is 5.92 Å². The van der Waals surface area contributed by atoms with Gasteiger partial charge in [0.1, 0.15) is 0 Å². The van der Waals surface area contributed by atoms with Crippen molar-refractivity contribution in [1.29, 1.82) is 0 Å². The molecule has 4 heteroatoms. The molecule has 3 nitrogen and oxygen atoms in total. The number of nitrogens with one attached hydrogen (secondary N) is 1. The minimum Gasteiger partial charge on any atom is -0.384 e. The summed E-state index contributed by atoms with van der Waals surface area (Å²) in [6.45, 7) is 5.26. The van der Waals surface area contributed by atoms with Crippen molar-refractivity contribution in [3.8, 4) is 0 Å². The lowest BCUT2D eigenvalue weighted by molar-refractivity contribution is 0.0827. The van der Waals surface area contributed by atoms with Gasteiger partial charge >= 0.3 is 0 Å². The molecular formula is C15H23ClN2O. The maximum absolute atomic E-state index is 11.9. The fourth-order valence-corrected chi connectivity index (χ4v) is 2.12. The molecule has 0 saturated heterocycles. The average Bonchev–Trinajstić information content (AvgIpc) is 2.37. The number of carbonyl (C=O) groups is 1. The molecule has 0 spiro atoms. The van der Waals surface area contributed by atoms with Gasteiger partial charge in [-0.25, -0.2) is 0 Å². The summed E-state index contributed by atoms with van der Waals surface area (Å²) in [7, 11) is 3.49. The predicted octanol–water partition coefficient (Wildman–Crippen LogP) is 3.89. The number of anilines is 1. The summed E-state index contributed by atoms with van der Waals surface area (Å²) in [6, 6.07) is 5.35. The van der Waals surface area contributed by atoms with Gasteiger partial charge in [-0.3, -0.25) is 4.79 Å². The van der Waals surface area contributed by atoms with Gasteiger partial charge in [0.25, 0.3) is 5.91 Å². The van der Waals surface area contributed by atoms with Crippen molar-refractivity contribution in [2.45, 2.75) is 26.7 Å². The summed E-state index contributed by atoms with van der Waals surface area (Å²) in [4.78, 5) is 13.5. The van der Waals surface area contributed by atoms with Crippen LogP contribution in [0.1, 0.15) is 37.0 Å². The molecule has 0 heterocycles. The van der Waals surface area contributed by atoms with E-state index in [0.717, 1.165) is 12.2 Å². The first-order chi connectivity index (χ1) is 8.95. The molecule has 1 unspecified atom stereocenters. The number of hydrogen-bond donors (Lipinski definition) is 1. The van der Waals surface area contributed by atoms with Crippen molar-refractivity contribution >= 4 is 23.2 Å². The van der Waals surface area contributed by atoms with Gasteiger partial charge < -0.3 is 10.2 Å². The lowest BCUT2D eigenvalue weighted by Crippen LogP contribution is -2.21. The van der Waals surface area contributed by atoms with Crippen molar-refractivity contribution in [2.75, 3.05) is 26.0 Å². The van der Waals surface area contributed by atoms with Crippen molar-refractivity contribution in [3.05, 3.63) is 28.8 Å². The van der Waals surface area contributed by atoms with Crippen LogP contribution in [-0.2, 0) is 0 Å². The van der Waals surface area contributed by atoms with Gasteiger partial charge in [-0.1, -0.05) is 31.9 Å². The van der Waals surface area contributed by atoms with E-state index in [4.69, 9.17) is 11.6 Å². The zero-order valence-electron chi connectivity index (χ0n) is 12.2. The molecule has 0 aliphatic heterocycles. The summed E-state index contributed by atoms with van der Waals surface area (Å²) >= 11 is 6.15. The van der Waals surface area contributed by atoms with Crippen LogP contribution in [-0.4, -0.2) is 31.4 Å². The summed E-state index contributed by atoms with van der Waals surface area (Å²) in [5.41, 5.74) is 1.48. The third kappa shape index (κ3) is 4.75. The van der Waals surface area contributed by atoms with Crippen molar-refractivity contribution in [3.63, 3.8) is 0 Å². The summed E-state index contributed by atoms with van der Waals surface area (Å²) in [6.07, 6.45) is 2.36. The standard InChI is InChI=1S/C15H23ClN2O/c1-5-6-11(2)10-17-14-9-12(7-8-13(14)16)15(19)18(3)4/h7-9,11,17H,5-6,10H2,1-4H3. The first-order valence-electron chi connectivity index (χ1n) is 6.70. The Balaban J connectivity index is 2.77. The van der Waals surface area contributed by atoms with Gasteiger partial charge in [0.15, 0.2) is 0 Å². The van der Waals surface area contributed by atoms with Crippen LogP contribution < -0.4 is 5.32 Å². The lowest BCUT2D eigenvalue weighted by Gasteiger charge is -2.16. The van der Waals surface area contributed by atoms with E-state index in [1.807, 2.05) is 6.07 Å². The Morgan fingerprint density at radius 2 is 2.11 bits per heavy atom. The van der Waals surface area contributed by atoms with Gasteiger partial charge in [0, 0.05) is 26.2 Å². The zero-order valence-corrected chi connectivity index (χ0v) is 12.9. The van der Waals surface area contributed by atoms with E-state index < -0.39 is 0 Å². The Bertz CT molecular complexity index is 432. The Hall–Kier alpha value is -1.22. The van der Waals surface area contributed by atoms with Crippen LogP contribution in [0.15, 0.2) is 18.2 Å². The second kappa shape index (κ2) is 7.39. The van der Waals surface area contributed by atoms with Crippen molar-refractivity contribution in [1.82, 2.24) is 4.90 Å². The highest BCUT2D eigenvalue weighted by atomic mass is 35.5. The summed E-state index contributed by atoms with van der Waals surface area (Å²) < 4.78 is 0. The molecule has 0 bridgehead atoms. The molecule has 0 aliphatic rings. The van der Waals surface area contributed by atoms with Crippen LogP contribution >= 0.6 is 11.6 Å². The second-order valence-electron chi connectivity index (χ2n) is 5.17. The number of hydrogen-bond acceptors (Lipinski definition) is 2. The molecule has 1 rings (SSSR count). The molecule has 19 heavy (non-hydrogen) atoms. The maximum atomic E-state index is 11.9. The SMILES string of the molecule is CCCC(C)CNc1cc(C(=O)N(C)C)ccc1Cl. The van der Waals surface area contributed by atoms with Crippen molar-refractivity contribution < 1.29 is 4.79 Å². The maximum Gasteiger partial charge on any atom is 0.253 e. The molecule has 0 aliphatic carbocycles. The third-order valence-electron chi connectivity index (χ3n) is 3.04. The molecule has 0 saturated carbocycles. The summed E-state index contributed by atoms with van der Waals surface area (Å²) in [5, 5.41) is 3.98. The fraction of sp³-hybridized carbons (Fsp3) is 0.533. The van der Waals surface area contributed by atoms with Crippen LogP contribution in [0.2, 0.25) is 5.02 Å². The topological polar surface area (TPSA) is 32.3 Å². The van der Waals surface area contributed by atoms with E-state index in [1.54, 1.807) is 31.1 Å². The van der Waals surface area contributed by atoms with E-state index in [1.165, 1.54) is 12.8 Å². The molecule has 1 aromatic rings. The highest BCUT2D eigenvalue weighted by Crippen LogP contribution is 2.24. The van der Waals surface area contributed by atoms with Crippen LogP contribution in [0.25, 0.3) is 0 Å². The minimum absolute atomic E-state index is 0.0127. The first kappa shape index (κ1) is 15.8. The largest absolute Gasteiger partial charge is 0.384 e. The van der Waals surface area contributed by atoms with Gasteiger partial charge in [-0.15, -0.1) is 0 Å². The fourth-order valence-electron chi connectivity index (χ4n) is 1.93. The molecule has 1 amide bonds. The highest BCUT2D eigenvalue weighted by molar-refractivity contribution is 6.33. The molecule has 0 radical (unpaired) electrons. The average molecular weight is 283 g/mol. The molecule has 1 N–H and O–H groups in total. The van der Waals surface area contributed by atoms with E-state index in [-0.39, 0.29) is 5.91 Å². The normalized spacial score (nSPS) is 12.1. The molecule has 1 atom stereocenters. The van der Waals surface area contributed by atoms with Crippen LogP contribution in [0.3, 0.4) is 0 Å². The third-order valence-corrected chi connectivity index (χ3v) is 3.37. The summed E-state index contributed by atoms with van der Waals surface area (Å²) in [5.74, 6) is 0.579. The minimum atomic E-state index is -0.0127. The van der Waals surface area contributed by atoms with Crippen LogP contribution in [0.5, 0.6) is 0 Å². The smallest absolute Gasteiger partial charge is 0.253 e. The zero-order chi connectivity index (χ0) is 14.4. The van der Waals surface area contributed by atoms with Crippen molar-refractivity contribution in [2.24, 2.45) is 5.92 Å². The van der Waals surface area contributed by atoms with E-state index in [9.17, 15) is 4.79 Å². The number of amides is 1. The first-order valence-corrected chi connectivity index (χ1v) is 7.08. The number of rotatable bonds is 6. The Morgan fingerprint density at radius 1 is 1.42 bits per heavy atom. The Labute approximate surface area is 120 Å². The molecule has 0 aromatic heterocycles. The number of halogens is 1. The Morgan fingerprint density at radius 3 is 2.68 bits per heavy atom. The quantitative estimate of drug-likeness (QED) is 0.858. The van der Waals surface area contributed by atoms with Gasteiger partial charge in [-0.2, -0.15) is 0 Å². The van der Waals surface area contributed by atoms with Gasteiger partial charge in [-0.05, 0) is 30.5 Å². The molecular weight excluding hydrogens is 260 g/mol.